The van der Waals surface area contributed by atoms with Crippen molar-refractivity contribution >= 4 is 0 Å². The molecule has 1 aromatic heterocycles. The Bertz CT molecular complexity index is 780. The molecule has 4 heterocycles. The minimum Gasteiger partial charge on any atom is -0.460 e. The van der Waals surface area contributed by atoms with Crippen LogP contribution in [0.5, 0.6) is 17.5 Å². The van der Waals surface area contributed by atoms with Gasteiger partial charge in [0.1, 0.15) is 6.10 Å². The second-order valence-corrected chi connectivity index (χ2v) is 7.13. The zero-order valence-electron chi connectivity index (χ0n) is 14.5. The molecule has 7 nitrogen and oxygen atoms in total. The largest absolute Gasteiger partial charge is 0.460 e. The number of benzene rings is 1. The van der Waals surface area contributed by atoms with E-state index in [4.69, 9.17) is 18.9 Å². The highest BCUT2D eigenvalue weighted by Gasteiger charge is 2.48. The molecule has 7 heteroatoms. The summed E-state index contributed by atoms with van der Waals surface area (Å²) < 4.78 is 22.9. The van der Waals surface area contributed by atoms with Crippen molar-refractivity contribution in [2.75, 3.05) is 26.5 Å². The average Bonchev–Trinajstić information content (AvgIpc) is 3.09. The summed E-state index contributed by atoms with van der Waals surface area (Å²) in [6.45, 7) is 3.74. The van der Waals surface area contributed by atoms with Crippen molar-refractivity contribution in [1.29, 1.82) is 0 Å². The SMILES string of the molecule is c1cnc(O[C@@H]2CCOC3(C2)CN(Cc2ccc4c(c2)OCO4)C3)nc1. The Balaban J connectivity index is 1.17. The summed E-state index contributed by atoms with van der Waals surface area (Å²) in [5, 5.41) is 0. The normalized spacial score (nSPS) is 23.6. The number of hydrogen-bond acceptors (Lipinski definition) is 7. The second-order valence-electron chi connectivity index (χ2n) is 7.13. The summed E-state index contributed by atoms with van der Waals surface area (Å²) in [6.07, 6.45) is 5.27. The molecule has 3 aliphatic heterocycles. The number of nitrogens with zero attached hydrogens (tertiary/aromatic N) is 3. The minimum atomic E-state index is -0.103. The van der Waals surface area contributed by atoms with E-state index in [0.717, 1.165) is 50.6 Å². The van der Waals surface area contributed by atoms with Gasteiger partial charge < -0.3 is 18.9 Å². The molecular formula is C19H21N3O4. The predicted octanol–water partition coefficient (Wildman–Crippen LogP) is 2.02. The highest BCUT2D eigenvalue weighted by Crippen LogP contribution is 2.37. The van der Waals surface area contributed by atoms with Gasteiger partial charge in [0.15, 0.2) is 11.5 Å². The van der Waals surface area contributed by atoms with Crippen molar-refractivity contribution in [3.8, 4) is 17.5 Å². The van der Waals surface area contributed by atoms with E-state index >= 15 is 0 Å². The van der Waals surface area contributed by atoms with Gasteiger partial charge in [0.05, 0.1) is 12.2 Å². The molecule has 2 fully saturated rings. The van der Waals surface area contributed by atoms with Crippen LogP contribution >= 0.6 is 0 Å². The van der Waals surface area contributed by atoms with Crippen molar-refractivity contribution in [2.24, 2.45) is 0 Å². The van der Waals surface area contributed by atoms with Crippen molar-refractivity contribution in [1.82, 2.24) is 14.9 Å². The number of aromatic nitrogens is 2. The van der Waals surface area contributed by atoms with Gasteiger partial charge in [0.2, 0.25) is 6.79 Å². The molecule has 5 rings (SSSR count). The van der Waals surface area contributed by atoms with Crippen molar-refractivity contribution in [3.05, 3.63) is 42.2 Å². The first-order chi connectivity index (χ1) is 12.8. The number of hydrogen-bond donors (Lipinski definition) is 0. The van der Waals surface area contributed by atoms with Crippen molar-refractivity contribution < 1.29 is 18.9 Å². The maximum atomic E-state index is 6.10. The third-order valence-corrected chi connectivity index (χ3v) is 5.13. The summed E-state index contributed by atoms with van der Waals surface area (Å²) in [5.41, 5.74) is 1.12. The van der Waals surface area contributed by atoms with Crippen LogP contribution in [0.1, 0.15) is 18.4 Å². The van der Waals surface area contributed by atoms with Gasteiger partial charge in [0, 0.05) is 44.9 Å². The smallest absolute Gasteiger partial charge is 0.316 e. The van der Waals surface area contributed by atoms with Gasteiger partial charge in [-0.1, -0.05) is 6.07 Å². The van der Waals surface area contributed by atoms with Gasteiger partial charge in [-0.15, -0.1) is 0 Å². The Morgan fingerprint density at radius 2 is 2.00 bits per heavy atom. The van der Waals surface area contributed by atoms with Gasteiger partial charge in [-0.3, -0.25) is 4.90 Å². The number of likely N-dealkylation sites (tertiary alicyclic amines) is 1. The molecule has 0 unspecified atom stereocenters. The van der Waals surface area contributed by atoms with Crippen molar-refractivity contribution in [2.45, 2.75) is 31.1 Å². The quantitative estimate of drug-likeness (QED) is 0.831. The predicted molar refractivity (Wildman–Crippen MR) is 92.2 cm³/mol. The molecule has 0 radical (unpaired) electrons. The Hall–Kier alpha value is -2.38. The number of fused-ring (bicyclic) bond motifs is 1. The maximum Gasteiger partial charge on any atom is 0.316 e. The molecule has 0 amide bonds. The van der Waals surface area contributed by atoms with E-state index in [1.54, 1.807) is 18.5 Å². The molecule has 2 aromatic rings. The summed E-state index contributed by atoms with van der Waals surface area (Å²) in [6, 6.07) is 8.38. The molecule has 0 saturated carbocycles. The summed E-state index contributed by atoms with van der Waals surface area (Å²) in [4.78, 5) is 10.7. The van der Waals surface area contributed by atoms with Crippen LogP contribution in [-0.2, 0) is 11.3 Å². The fraction of sp³-hybridized carbons (Fsp3) is 0.474. The molecule has 26 heavy (non-hydrogen) atoms. The van der Waals surface area contributed by atoms with E-state index in [2.05, 4.69) is 27.0 Å². The van der Waals surface area contributed by atoms with Gasteiger partial charge in [0.25, 0.3) is 0 Å². The zero-order chi connectivity index (χ0) is 17.4. The van der Waals surface area contributed by atoms with E-state index in [1.807, 2.05) is 6.07 Å². The van der Waals surface area contributed by atoms with Crippen LogP contribution in [0.25, 0.3) is 0 Å². The minimum absolute atomic E-state index is 0.103. The Labute approximate surface area is 151 Å². The fourth-order valence-corrected chi connectivity index (χ4v) is 3.98. The molecule has 0 bridgehead atoms. The topological polar surface area (TPSA) is 65.9 Å². The summed E-state index contributed by atoms with van der Waals surface area (Å²) >= 11 is 0. The zero-order valence-corrected chi connectivity index (χ0v) is 14.5. The van der Waals surface area contributed by atoms with E-state index in [-0.39, 0.29) is 11.7 Å². The van der Waals surface area contributed by atoms with E-state index in [1.165, 1.54) is 5.56 Å². The first kappa shape index (κ1) is 15.8. The van der Waals surface area contributed by atoms with Gasteiger partial charge >= 0.3 is 6.01 Å². The lowest BCUT2D eigenvalue weighted by Gasteiger charge is -2.53. The molecule has 2 saturated heterocycles. The highest BCUT2D eigenvalue weighted by atomic mass is 16.7. The van der Waals surface area contributed by atoms with Crippen LogP contribution in [0.3, 0.4) is 0 Å². The molecule has 3 aliphatic rings. The van der Waals surface area contributed by atoms with E-state index in [0.29, 0.717) is 12.8 Å². The first-order valence-corrected chi connectivity index (χ1v) is 8.97. The fourth-order valence-electron chi connectivity index (χ4n) is 3.98. The monoisotopic (exact) mass is 355 g/mol. The number of rotatable bonds is 4. The Morgan fingerprint density at radius 1 is 1.15 bits per heavy atom. The molecule has 0 N–H and O–H groups in total. The summed E-state index contributed by atoms with van der Waals surface area (Å²) in [7, 11) is 0. The Kier molecular flexibility index (Phi) is 3.90. The highest BCUT2D eigenvalue weighted by molar-refractivity contribution is 5.44. The molecule has 1 spiro atoms. The lowest BCUT2D eigenvalue weighted by Crippen LogP contribution is -2.65. The van der Waals surface area contributed by atoms with Gasteiger partial charge in [-0.25, -0.2) is 9.97 Å². The maximum absolute atomic E-state index is 6.10. The van der Waals surface area contributed by atoms with Crippen LogP contribution in [0.2, 0.25) is 0 Å². The second kappa shape index (κ2) is 6.41. The molecular weight excluding hydrogens is 334 g/mol. The Morgan fingerprint density at radius 3 is 2.88 bits per heavy atom. The molecule has 1 atom stereocenters. The van der Waals surface area contributed by atoms with E-state index in [9.17, 15) is 0 Å². The van der Waals surface area contributed by atoms with Crippen LogP contribution in [0, 0.1) is 0 Å². The lowest BCUT2D eigenvalue weighted by molar-refractivity contribution is -0.188. The molecule has 136 valence electrons. The van der Waals surface area contributed by atoms with Gasteiger partial charge in [-0.05, 0) is 23.8 Å². The molecule has 1 aromatic carbocycles. The third kappa shape index (κ3) is 3.08. The van der Waals surface area contributed by atoms with Crippen LogP contribution in [0.4, 0.5) is 0 Å². The van der Waals surface area contributed by atoms with Crippen LogP contribution in [0.15, 0.2) is 36.7 Å². The van der Waals surface area contributed by atoms with E-state index < -0.39 is 0 Å². The van der Waals surface area contributed by atoms with Gasteiger partial charge in [-0.2, -0.15) is 0 Å². The number of ether oxygens (including phenoxy) is 4. The third-order valence-electron chi connectivity index (χ3n) is 5.13. The first-order valence-electron chi connectivity index (χ1n) is 8.97. The average molecular weight is 355 g/mol. The molecule has 0 aliphatic carbocycles. The summed E-state index contributed by atoms with van der Waals surface area (Å²) in [5.74, 6) is 1.66. The van der Waals surface area contributed by atoms with Crippen molar-refractivity contribution in [3.63, 3.8) is 0 Å². The van der Waals surface area contributed by atoms with Crippen LogP contribution in [-0.4, -0.2) is 53.1 Å². The standard InChI is InChI=1S/C19H21N3O4/c1-5-20-18(21-6-1)26-15-4-7-25-19(9-15)11-22(12-19)10-14-2-3-16-17(8-14)24-13-23-16/h1-3,5-6,8,15H,4,7,9-13H2/t15-/m1/s1. The van der Waals surface area contributed by atoms with Crippen LogP contribution < -0.4 is 14.2 Å². The lowest BCUT2D eigenvalue weighted by atomic mass is 9.84.